The van der Waals surface area contributed by atoms with Crippen LogP contribution in [0, 0.1) is 5.82 Å². The summed E-state index contributed by atoms with van der Waals surface area (Å²) in [7, 11) is 1.56. The van der Waals surface area contributed by atoms with E-state index < -0.39 is 0 Å². The molecule has 3 nitrogen and oxygen atoms in total. The highest BCUT2D eigenvalue weighted by Crippen LogP contribution is 2.26. The Labute approximate surface area is 126 Å². The molecular weight excluding hydrogens is 291 g/mol. The minimum atomic E-state index is -0.324. The lowest BCUT2D eigenvalue weighted by Gasteiger charge is -2.11. The molecule has 0 aliphatic heterocycles. The van der Waals surface area contributed by atoms with Crippen LogP contribution < -0.4 is 4.74 Å². The van der Waals surface area contributed by atoms with Gasteiger partial charge in [0.15, 0.2) is 0 Å². The molecular formula is C16H14ClFN2O. The molecule has 1 heterocycles. The fourth-order valence-electron chi connectivity index (χ4n) is 2.39. The summed E-state index contributed by atoms with van der Waals surface area (Å²) in [6, 6.07) is 12.3. The Morgan fingerprint density at radius 3 is 2.81 bits per heavy atom. The molecule has 108 valence electrons. The van der Waals surface area contributed by atoms with Crippen LogP contribution in [-0.2, 0) is 6.42 Å². The maximum absolute atomic E-state index is 14.3. The Hall–Kier alpha value is -2.07. The predicted octanol–water partition coefficient (Wildman–Crippen LogP) is 3.95. The topological polar surface area (TPSA) is 27.1 Å². The quantitative estimate of drug-likeness (QED) is 0.682. The number of aromatic nitrogens is 2. The highest BCUT2D eigenvalue weighted by Gasteiger charge is 2.15. The number of nitrogens with zero attached hydrogens (tertiary/aromatic N) is 2. The maximum Gasteiger partial charge on any atom is 0.147 e. The molecule has 0 aliphatic rings. The zero-order valence-corrected chi connectivity index (χ0v) is 12.3. The molecule has 0 saturated carbocycles. The summed E-state index contributed by atoms with van der Waals surface area (Å²) in [5.41, 5.74) is 2.09. The SMILES string of the molecule is COc1ccc(F)c(-n2c(CCCl)nc3ccccc32)c1. The van der Waals surface area contributed by atoms with E-state index in [1.54, 1.807) is 23.8 Å². The summed E-state index contributed by atoms with van der Waals surface area (Å²) in [5.74, 6) is 1.43. The van der Waals surface area contributed by atoms with E-state index in [1.807, 2.05) is 24.3 Å². The largest absolute Gasteiger partial charge is 0.497 e. The first-order valence-electron chi connectivity index (χ1n) is 6.61. The zero-order chi connectivity index (χ0) is 14.8. The van der Waals surface area contributed by atoms with Gasteiger partial charge in [0.1, 0.15) is 17.4 Å². The van der Waals surface area contributed by atoms with Crippen LogP contribution in [0.1, 0.15) is 5.82 Å². The van der Waals surface area contributed by atoms with Crippen LogP contribution in [0.25, 0.3) is 16.7 Å². The summed E-state index contributed by atoms with van der Waals surface area (Å²) in [6.45, 7) is 0. The zero-order valence-electron chi connectivity index (χ0n) is 11.5. The molecule has 0 saturated heterocycles. The van der Waals surface area contributed by atoms with Gasteiger partial charge < -0.3 is 4.74 Å². The summed E-state index contributed by atoms with van der Waals surface area (Å²) in [6.07, 6.45) is 0.562. The van der Waals surface area contributed by atoms with E-state index in [-0.39, 0.29) is 5.82 Å². The molecule has 0 spiro atoms. The normalized spacial score (nSPS) is 11.0. The van der Waals surface area contributed by atoms with Crippen molar-refractivity contribution in [2.24, 2.45) is 0 Å². The molecule has 5 heteroatoms. The van der Waals surface area contributed by atoms with Crippen LogP contribution in [0.5, 0.6) is 5.75 Å². The lowest BCUT2D eigenvalue weighted by Crippen LogP contribution is -2.04. The number of methoxy groups -OCH3 is 1. The molecule has 0 N–H and O–H groups in total. The fraction of sp³-hybridized carbons (Fsp3) is 0.188. The van der Waals surface area contributed by atoms with Gasteiger partial charge in [-0.25, -0.2) is 9.37 Å². The van der Waals surface area contributed by atoms with Gasteiger partial charge >= 0.3 is 0 Å². The first kappa shape index (κ1) is 13.9. The van der Waals surface area contributed by atoms with Gasteiger partial charge in [-0.15, -0.1) is 11.6 Å². The Morgan fingerprint density at radius 1 is 1.24 bits per heavy atom. The molecule has 0 aliphatic carbocycles. The summed E-state index contributed by atoms with van der Waals surface area (Å²) < 4.78 is 21.3. The smallest absolute Gasteiger partial charge is 0.147 e. The molecule has 0 atom stereocenters. The fourth-order valence-corrected chi connectivity index (χ4v) is 2.56. The molecule has 0 amide bonds. The average molecular weight is 305 g/mol. The van der Waals surface area contributed by atoms with Gasteiger partial charge in [0, 0.05) is 18.4 Å². The second-order valence-corrected chi connectivity index (χ2v) is 4.99. The van der Waals surface area contributed by atoms with Crippen LogP contribution in [0.15, 0.2) is 42.5 Å². The Bertz CT molecular complexity index is 785. The van der Waals surface area contributed by atoms with Crippen molar-refractivity contribution in [1.29, 1.82) is 0 Å². The number of para-hydroxylation sites is 2. The molecule has 3 rings (SSSR count). The number of aryl methyl sites for hydroxylation is 1. The first-order chi connectivity index (χ1) is 10.2. The second-order valence-electron chi connectivity index (χ2n) is 4.61. The Balaban J connectivity index is 2.29. The molecule has 2 aromatic carbocycles. The van der Waals surface area contributed by atoms with Gasteiger partial charge in [0.05, 0.1) is 23.8 Å². The monoisotopic (exact) mass is 304 g/mol. The van der Waals surface area contributed by atoms with Gasteiger partial charge in [-0.2, -0.15) is 0 Å². The van der Waals surface area contributed by atoms with Gasteiger partial charge in [-0.1, -0.05) is 12.1 Å². The van der Waals surface area contributed by atoms with E-state index in [1.165, 1.54) is 6.07 Å². The lowest BCUT2D eigenvalue weighted by molar-refractivity contribution is 0.413. The van der Waals surface area contributed by atoms with Crippen molar-refractivity contribution >= 4 is 22.6 Å². The molecule has 0 radical (unpaired) electrons. The first-order valence-corrected chi connectivity index (χ1v) is 7.14. The van der Waals surface area contributed by atoms with Crippen molar-refractivity contribution in [3.63, 3.8) is 0 Å². The van der Waals surface area contributed by atoms with E-state index in [4.69, 9.17) is 16.3 Å². The molecule has 0 unspecified atom stereocenters. The summed E-state index contributed by atoms with van der Waals surface area (Å²) >= 11 is 5.85. The number of benzene rings is 2. The van der Waals surface area contributed by atoms with Crippen molar-refractivity contribution in [2.45, 2.75) is 6.42 Å². The van der Waals surface area contributed by atoms with Crippen molar-refractivity contribution in [2.75, 3.05) is 13.0 Å². The van der Waals surface area contributed by atoms with Gasteiger partial charge in [0.25, 0.3) is 0 Å². The highest BCUT2D eigenvalue weighted by molar-refractivity contribution is 6.17. The molecule has 0 fully saturated rings. The van der Waals surface area contributed by atoms with Crippen molar-refractivity contribution < 1.29 is 9.13 Å². The van der Waals surface area contributed by atoms with Crippen LogP contribution in [0.2, 0.25) is 0 Å². The number of hydrogen-bond acceptors (Lipinski definition) is 2. The van der Waals surface area contributed by atoms with Crippen LogP contribution in [0.4, 0.5) is 4.39 Å². The van der Waals surface area contributed by atoms with Crippen LogP contribution >= 0.6 is 11.6 Å². The third-order valence-electron chi connectivity index (χ3n) is 3.34. The third kappa shape index (κ3) is 2.47. The number of fused-ring (bicyclic) bond motifs is 1. The van der Waals surface area contributed by atoms with E-state index in [9.17, 15) is 4.39 Å². The molecule has 21 heavy (non-hydrogen) atoms. The van der Waals surface area contributed by atoms with Gasteiger partial charge in [-0.3, -0.25) is 4.57 Å². The third-order valence-corrected chi connectivity index (χ3v) is 3.53. The van der Waals surface area contributed by atoms with E-state index >= 15 is 0 Å². The minimum absolute atomic E-state index is 0.324. The van der Waals surface area contributed by atoms with Crippen molar-refractivity contribution in [1.82, 2.24) is 9.55 Å². The van der Waals surface area contributed by atoms with Gasteiger partial charge in [0.2, 0.25) is 0 Å². The minimum Gasteiger partial charge on any atom is -0.497 e. The Morgan fingerprint density at radius 2 is 2.05 bits per heavy atom. The number of rotatable bonds is 4. The summed E-state index contributed by atoms with van der Waals surface area (Å²) in [5, 5.41) is 0. The van der Waals surface area contributed by atoms with E-state index in [2.05, 4.69) is 4.98 Å². The maximum atomic E-state index is 14.3. The number of ether oxygens (including phenoxy) is 1. The van der Waals surface area contributed by atoms with E-state index in [0.717, 1.165) is 16.9 Å². The number of alkyl halides is 1. The standard InChI is InChI=1S/C16H14ClFN2O/c1-21-11-6-7-12(18)15(10-11)20-14-5-3-2-4-13(14)19-16(20)8-9-17/h2-7,10H,8-9H2,1H3. The van der Waals surface area contributed by atoms with Crippen LogP contribution in [-0.4, -0.2) is 22.5 Å². The van der Waals surface area contributed by atoms with Crippen LogP contribution in [0.3, 0.4) is 0 Å². The van der Waals surface area contributed by atoms with E-state index in [0.29, 0.717) is 23.7 Å². The predicted molar refractivity (Wildman–Crippen MR) is 82.0 cm³/mol. The van der Waals surface area contributed by atoms with Crippen molar-refractivity contribution in [3.05, 3.63) is 54.1 Å². The second kappa shape index (κ2) is 5.74. The number of imidazole rings is 1. The molecule has 0 bridgehead atoms. The average Bonchev–Trinajstić information content (AvgIpc) is 2.86. The number of halogens is 2. The van der Waals surface area contributed by atoms with Crippen molar-refractivity contribution in [3.8, 4) is 11.4 Å². The Kier molecular flexibility index (Phi) is 3.80. The van der Waals surface area contributed by atoms with Gasteiger partial charge in [-0.05, 0) is 24.3 Å². The molecule has 3 aromatic rings. The lowest BCUT2D eigenvalue weighted by atomic mass is 10.2. The summed E-state index contributed by atoms with van der Waals surface area (Å²) in [4.78, 5) is 4.55. The highest BCUT2D eigenvalue weighted by atomic mass is 35.5. The molecule has 1 aromatic heterocycles. The number of hydrogen-bond donors (Lipinski definition) is 0.